The van der Waals surface area contributed by atoms with Crippen molar-refractivity contribution in [1.29, 1.82) is 0 Å². The zero-order valence-corrected chi connectivity index (χ0v) is 9.01. The molecule has 0 spiro atoms. The predicted octanol–water partition coefficient (Wildman–Crippen LogP) is 0.249. The molecular formula is C8H15ClF2N2O2. The Morgan fingerprint density at radius 3 is 2.80 bits per heavy atom. The maximum Gasteiger partial charge on any atom is 0.255 e. The molecule has 2 N–H and O–H groups in total. The van der Waals surface area contributed by atoms with Gasteiger partial charge in [-0.25, -0.2) is 8.78 Å². The molecule has 1 amide bonds. The molecule has 0 aromatic rings. The Hall–Kier alpha value is -0.460. The highest BCUT2D eigenvalue weighted by Gasteiger charge is 2.24. The number of nitrogens with two attached hydrogens (primary N) is 1. The average Bonchev–Trinajstić information content (AvgIpc) is 2.30. The lowest BCUT2D eigenvalue weighted by molar-refractivity contribution is -0.136. The van der Waals surface area contributed by atoms with Crippen LogP contribution in [-0.2, 0) is 9.53 Å². The number of hydrogen-bond acceptors (Lipinski definition) is 3. The molecule has 0 saturated carbocycles. The SMILES string of the molecule is Cl.NCC1CCN(CC(F)F)C(=O)CO1. The van der Waals surface area contributed by atoms with Crippen LogP contribution in [0.4, 0.5) is 8.78 Å². The van der Waals surface area contributed by atoms with Crippen molar-refractivity contribution in [3.05, 3.63) is 0 Å². The van der Waals surface area contributed by atoms with Crippen LogP contribution in [0.3, 0.4) is 0 Å². The van der Waals surface area contributed by atoms with Crippen LogP contribution in [0.25, 0.3) is 0 Å². The van der Waals surface area contributed by atoms with E-state index < -0.39 is 13.0 Å². The lowest BCUT2D eigenvalue weighted by Crippen LogP contribution is -2.36. The summed E-state index contributed by atoms with van der Waals surface area (Å²) in [4.78, 5) is 12.4. The van der Waals surface area contributed by atoms with Crippen molar-refractivity contribution >= 4 is 18.3 Å². The molecule has 0 radical (unpaired) electrons. The fourth-order valence-corrected chi connectivity index (χ4v) is 1.33. The van der Waals surface area contributed by atoms with Gasteiger partial charge in [-0.3, -0.25) is 4.79 Å². The highest BCUT2D eigenvalue weighted by Crippen LogP contribution is 2.08. The molecule has 15 heavy (non-hydrogen) atoms. The number of ether oxygens (including phenoxy) is 1. The van der Waals surface area contributed by atoms with Crippen molar-refractivity contribution in [2.24, 2.45) is 5.73 Å². The number of carbonyl (C=O) groups is 1. The molecule has 90 valence electrons. The van der Waals surface area contributed by atoms with Crippen LogP contribution in [0, 0.1) is 0 Å². The Balaban J connectivity index is 0.00000196. The van der Waals surface area contributed by atoms with Gasteiger partial charge in [-0.05, 0) is 6.42 Å². The summed E-state index contributed by atoms with van der Waals surface area (Å²) in [6.45, 7) is -0.0467. The van der Waals surface area contributed by atoms with Crippen molar-refractivity contribution in [1.82, 2.24) is 4.90 Å². The Kier molecular flexibility index (Phi) is 6.71. The van der Waals surface area contributed by atoms with Crippen molar-refractivity contribution < 1.29 is 18.3 Å². The molecule has 1 aliphatic rings. The second-order valence-electron chi connectivity index (χ2n) is 3.19. The van der Waals surface area contributed by atoms with Gasteiger partial charge in [-0.1, -0.05) is 0 Å². The lowest BCUT2D eigenvalue weighted by atomic mass is 10.2. The largest absolute Gasteiger partial charge is 0.367 e. The molecule has 0 bridgehead atoms. The van der Waals surface area contributed by atoms with E-state index in [2.05, 4.69) is 0 Å². The molecular weight excluding hydrogens is 230 g/mol. The Bertz CT molecular complexity index is 207. The number of carbonyl (C=O) groups excluding carboxylic acids is 1. The summed E-state index contributed by atoms with van der Waals surface area (Å²) in [5, 5.41) is 0. The van der Waals surface area contributed by atoms with Gasteiger partial charge < -0.3 is 15.4 Å². The summed E-state index contributed by atoms with van der Waals surface area (Å²) in [6.07, 6.45) is -2.16. The van der Waals surface area contributed by atoms with E-state index in [-0.39, 0.29) is 31.0 Å². The molecule has 0 aromatic carbocycles. The fraction of sp³-hybridized carbons (Fsp3) is 0.875. The van der Waals surface area contributed by atoms with Crippen LogP contribution in [-0.4, -0.2) is 49.6 Å². The zero-order chi connectivity index (χ0) is 10.6. The summed E-state index contributed by atoms with van der Waals surface area (Å²) in [6, 6.07) is 0. The molecule has 0 aliphatic carbocycles. The first-order chi connectivity index (χ1) is 6.63. The maximum atomic E-state index is 12.0. The first-order valence-electron chi connectivity index (χ1n) is 4.51. The molecule has 1 saturated heterocycles. The molecule has 7 heteroatoms. The van der Waals surface area contributed by atoms with Crippen LogP contribution < -0.4 is 5.73 Å². The topological polar surface area (TPSA) is 55.6 Å². The highest BCUT2D eigenvalue weighted by atomic mass is 35.5. The van der Waals surface area contributed by atoms with E-state index in [4.69, 9.17) is 10.5 Å². The third-order valence-electron chi connectivity index (χ3n) is 2.14. The van der Waals surface area contributed by atoms with Gasteiger partial charge in [0.25, 0.3) is 6.43 Å². The van der Waals surface area contributed by atoms with Crippen LogP contribution >= 0.6 is 12.4 Å². The quantitative estimate of drug-likeness (QED) is 0.774. The van der Waals surface area contributed by atoms with Gasteiger partial charge in [-0.15, -0.1) is 12.4 Å². The van der Waals surface area contributed by atoms with Gasteiger partial charge in [0.15, 0.2) is 0 Å². The van der Waals surface area contributed by atoms with E-state index in [0.717, 1.165) is 4.90 Å². The zero-order valence-electron chi connectivity index (χ0n) is 8.20. The summed E-state index contributed by atoms with van der Waals surface area (Å²) in [5.41, 5.74) is 5.36. The number of nitrogens with zero attached hydrogens (tertiary/aromatic N) is 1. The molecule has 1 aliphatic heterocycles. The predicted molar refractivity (Wildman–Crippen MR) is 53.2 cm³/mol. The number of hydrogen-bond donors (Lipinski definition) is 1. The van der Waals surface area contributed by atoms with Gasteiger partial charge in [0.05, 0.1) is 12.6 Å². The first kappa shape index (κ1) is 14.5. The summed E-state index contributed by atoms with van der Waals surface area (Å²) < 4.78 is 29.2. The third-order valence-corrected chi connectivity index (χ3v) is 2.14. The van der Waals surface area contributed by atoms with Gasteiger partial charge >= 0.3 is 0 Å². The molecule has 1 atom stereocenters. The number of halogens is 3. The minimum Gasteiger partial charge on any atom is -0.367 e. The fourth-order valence-electron chi connectivity index (χ4n) is 1.33. The van der Waals surface area contributed by atoms with Gasteiger partial charge in [-0.2, -0.15) is 0 Å². The van der Waals surface area contributed by atoms with Crippen LogP contribution in [0.2, 0.25) is 0 Å². The summed E-state index contributed by atoms with van der Waals surface area (Å²) in [5.74, 6) is -0.388. The van der Waals surface area contributed by atoms with Crippen LogP contribution in [0.5, 0.6) is 0 Å². The standard InChI is InChI=1S/C8H14F2N2O2.ClH/c9-7(10)4-12-2-1-6(3-11)14-5-8(12)13;/h6-7H,1-5,11H2;1H. The Morgan fingerprint density at radius 2 is 2.27 bits per heavy atom. The number of alkyl halides is 2. The van der Waals surface area contributed by atoms with Crippen molar-refractivity contribution in [2.75, 3.05) is 26.2 Å². The third kappa shape index (κ3) is 4.72. The minimum absolute atomic E-state index is 0. The Morgan fingerprint density at radius 1 is 1.60 bits per heavy atom. The second kappa shape index (κ2) is 6.92. The highest BCUT2D eigenvalue weighted by molar-refractivity contribution is 5.85. The van der Waals surface area contributed by atoms with E-state index in [9.17, 15) is 13.6 Å². The van der Waals surface area contributed by atoms with Crippen molar-refractivity contribution in [3.8, 4) is 0 Å². The van der Waals surface area contributed by atoms with Gasteiger partial charge in [0, 0.05) is 13.1 Å². The molecule has 4 nitrogen and oxygen atoms in total. The lowest BCUT2D eigenvalue weighted by Gasteiger charge is -2.18. The normalized spacial score (nSPS) is 22.5. The van der Waals surface area contributed by atoms with E-state index in [1.165, 1.54) is 0 Å². The summed E-state index contributed by atoms with van der Waals surface area (Å²) in [7, 11) is 0. The average molecular weight is 245 g/mol. The van der Waals surface area contributed by atoms with Crippen molar-refractivity contribution in [3.63, 3.8) is 0 Å². The van der Waals surface area contributed by atoms with E-state index >= 15 is 0 Å². The monoisotopic (exact) mass is 244 g/mol. The second-order valence-corrected chi connectivity index (χ2v) is 3.19. The van der Waals surface area contributed by atoms with Crippen LogP contribution in [0.1, 0.15) is 6.42 Å². The minimum atomic E-state index is -2.49. The molecule has 1 rings (SSSR count). The van der Waals surface area contributed by atoms with Gasteiger partial charge in [0.2, 0.25) is 5.91 Å². The Labute approximate surface area is 93.1 Å². The number of rotatable bonds is 3. The van der Waals surface area contributed by atoms with Crippen LogP contribution in [0.15, 0.2) is 0 Å². The maximum absolute atomic E-state index is 12.0. The smallest absolute Gasteiger partial charge is 0.255 e. The molecule has 1 heterocycles. The summed E-state index contributed by atoms with van der Waals surface area (Å²) >= 11 is 0. The molecule has 1 unspecified atom stereocenters. The van der Waals surface area contributed by atoms with E-state index in [1.807, 2.05) is 0 Å². The van der Waals surface area contributed by atoms with Crippen molar-refractivity contribution in [2.45, 2.75) is 19.0 Å². The molecule has 1 fully saturated rings. The number of amides is 1. The van der Waals surface area contributed by atoms with E-state index in [0.29, 0.717) is 19.5 Å². The first-order valence-corrected chi connectivity index (χ1v) is 4.51. The van der Waals surface area contributed by atoms with E-state index in [1.54, 1.807) is 0 Å². The molecule has 0 aromatic heterocycles. The van der Waals surface area contributed by atoms with Gasteiger partial charge in [0.1, 0.15) is 6.61 Å².